The van der Waals surface area contributed by atoms with E-state index in [1.54, 1.807) is 0 Å². The van der Waals surface area contributed by atoms with Crippen molar-refractivity contribution in [3.8, 4) is 0 Å². The minimum Gasteiger partial charge on any atom is -0.378 e. The maximum Gasteiger partial charge on any atom is 0.229 e. The van der Waals surface area contributed by atoms with Crippen LogP contribution in [0, 0.1) is 5.92 Å². The molecule has 0 saturated carbocycles. The Balaban J connectivity index is 1.52. The van der Waals surface area contributed by atoms with Gasteiger partial charge in [0.05, 0.1) is 25.2 Å². The van der Waals surface area contributed by atoms with Crippen LogP contribution in [-0.2, 0) is 29.2 Å². The normalized spacial score (nSPS) is 28.6. The summed E-state index contributed by atoms with van der Waals surface area (Å²) in [6.45, 7) is 5.79. The maximum atomic E-state index is 12.4. The van der Waals surface area contributed by atoms with Crippen LogP contribution in [0.3, 0.4) is 0 Å². The maximum absolute atomic E-state index is 12.4. The molecule has 3 aliphatic rings. The largest absolute Gasteiger partial charge is 0.378 e. The summed E-state index contributed by atoms with van der Waals surface area (Å²) in [5.74, 6) is 0.219. The molecule has 1 amide bonds. The van der Waals surface area contributed by atoms with E-state index in [0.717, 1.165) is 32.7 Å². The van der Waals surface area contributed by atoms with Crippen LogP contribution >= 0.6 is 0 Å². The number of benzene rings is 1. The number of nitrogens with one attached hydrogen (secondary N) is 1. The number of carbonyl (C=O) groups is 1. The van der Waals surface area contributed by atoms with Gasteiger partial charge in [0, 0.05) is 39.8 Å². The van der Waals surface area contributed by atoms with Gasteiger partial charge in [-0.1, -0.05) is 18.2 Å². The van der Waals surface area contributed by atoms with Gasteiger partial charge in [0.15, 0.2) is 0 Å². The molecule has 118 valence electrons. The first-order chi connectivity index (χ1) is 10.7. The smallest absolute Gasteiger partial charge is 0.229 e. The SMILES string of the molecule is CN1C(=O)[C@H]2COC[C@@H]1CN(Cc1ccc3c(c1)CNC3)C2. The van der Waals surface area contributed by atoms with Gasteiger partial charge >= 0.3 is 0 Å². The molecule has 5 heteroatoms. The first kappa shape index (κ1) is 14.2. The van der Waals surface area contributed by atoms with Crippen molar-refractivity contribution in [2.24, 2.45) is 5.92 Å². The summed E-state index contributed by atoms with van der Waals surface area (Å²) in [5, 5.41) is 3.39. The lowest BCUT2D eigenvalue weighted by molar-refractivity contribution is -0.133. The Morgan fingerprint density at radius 1 is 1.23 bits per heavy atom. The molecule has 4 rings (SSSR count). The lowest BCUT2D eigenvalue weighted by atomic mass is 10.0. The molecule has 3 aliphatic heterocycles. The van der Waals surface area contributed by atoms with Crippen LogP contribution in [0.2, 0.25) is 0 Å². The highest BCUT2D eigenvalue weighted by Crippen LogP contribution is 2.23. The van der Waals surface area contributed by atoms with Crippen molar-refractivity contribution in [1.82, 2.24) is 15.1 Å². The van der Waals surface area contributed by atoms with Crippen molar-refractivity contribution in [2.75, 3.05) is 33.4 Å². The number of nitrogens with zero attached hydrogens (tertiary/aromatic N) is 2. The number of carbonyl (C=O) groups excluding carboxylic acids is 1. The zero-order valence-electron chi connectivity index (χ0n) is 13.0. The van der Waals surface area contributed by atoms with Crippen molar-refractivity contribution in [1.29, 1.82) is 0 Å². The molecule has 1 aromatic rings. The minimum absolute atomic E-state index is 0.0198. The molecule has 0 unspecified atom stereocenters. The molecule has 0 aliphatic carbocycles. The molecule has 5 nitrogen and oxygen atoms in total. The number of rotatable bonds is 2. The van der Waals surface area contributed by atoms with Crippen molar-refractivity contribution in [3.05, 3.63) is 34.9 Å². The first-order valence-corrected chi connectivity index (χ1v) is 8.09. The molecular formula is C17H23N3O2. The molecule has 0 spiro atoms. The predicted molar refractivity (Wildman–Crippen MR) is 83.1 cm³/mol. The van der Waals surface area contributed by atoms with Crippen LogP contribution in [0.4, 0.5) is 0 Å². The molecule has 22 heavy (non-hydrogen) atoms. The van der Waals surface area contributed by atoms with Crippen LogP contribution in [0.15, 0.2) is 18.2 Å². The zero-order valence-corrected chi connectivity index (χ0v) is 13.0. The predicted octanol–water partition coefficient (Wildman–Crippen LogP) is 0.579. The zero-order chi connectivity index (χ0) is 15.1. The van der Waals surface area contributed by atoms with Gasteiger partial charge in [-0.3, -0.25) is 9.69 Å². The van der Waals surface area contributed by atoms with E-state index in [9.17, 15) is 4.79 Å². The summed E-state index contributed by atoms with van der Waals surface area (Å²) in [5.41, 5.74) is 4.18. The molecule has 3 heterocycles. The molecule has 1 aromatic carbocycles. The second-order valence-corrected chi connectivity index (χ2v) is 6.74. The first-order valence-electron chi connectivity index (χ1n) is 8.09. The van der Waals surface area contributed by atoms with Crippen molar-refractivity contribution in [3.63, 3.8) is 0 Å². The summed E-state index contributed by atoms with van der Waals surface area (Å²) in [6, 6.07) is 6.96. The Kier molecular flexibility index (Phi) is 3.64. The van der Waals surface area contributed by atoms with Gasteiger partial charge in [-0.2, -0.15) is 0 Å². The number of hydrogen-bond donors (Lipinski definition) is 1. The highest BCUT2D eigenvalue weighted by molar-refractivity contribution is 5.79. The van der Waals surface area contributed by atoms with Gasteiger partial charge in [-0.15, -0.1) is 0 Å². The molecule has 0 radical (unpaired) electrons. The second kappa shape index (κ2) is 5.65. The second-order valence-electron chi connectivity index (χ2n) is 6.74. The number of fused-ring (bicyclic) bond motifs is 4. The topological polar surface area (TPSA) is 44.8 Å². The van der Waals surface area contributed by atoms with E-state index in [0.29, 0.717) is 13.2 Å². The van der Waals surface area contributed by atoms with E-state index in [1.165, 1.54) is 16.7 Å². The average molecular weight is 301 g/mol. The van der Waals surface area contributed by atoms with Crippen molar-refractivity contribution in [2.45, 2.75) is 25.7 Å². The Morgan fingerprint density at radius 2 is 2.09 bits per heavy atom. The summed E-state index contributed by atoms with van der Waals surface area (Å²) in [6.07, 6.45) is 0. The fourth-order valence-corrected chi connectivity index (χ4v) is 3.82. The summed E-state index contributed by atoms with van der Waals surface area (Å²) in [4.78, 5) is 16.7. The van der Waals surface area contributed by atoms with Gasteiger partial charge in [0.25, 0.3) is 0 Å². The highest BCUT2D eigenvalue weighted by Gasteiger charge is 2.37. The Labute approximate surface area is 131 Å². The van der Waals surface area contributed by atoms with E-state index in [-0.39, 0.29) is 17.9 Å². The molecular weight excluding hydrogens is 278 g/mol. The number of amides is 1. The molecule has 1 N–H and O–H groups in total. The molecule has 2 bridgehead atoms. The minimum atomic E-state index is -0.0198. The van der Waals surface area contributed by atoms with E-state index < -0.39 is 0 Å². The van der Waals surface area contributed by atoms with Gasteiger partial charge in [-0.25, -0.2) is 0 Å². The quantitative estimate of drug-likeness (QED) is 0.868. The number of hydrogen-bond acceptors (Lipinski definition) is 4. The third-order valence-electron chi connectivity index (χ3n) is 5.13. The average Bonchev–Trinajstić information content (AvgIpc) is 2.87. The number of ether oxygens (including phenoxy) is 1. The van der Waals surface area contributed by atoms with Crippen molar-refractivity contribution < 1.29 is 9.53 Å². The Bertz CT molecular complexity index is 589. The van der Waals surface area contributed by atoms with Crippen LogP contribution in [0.5, 0.6) is 0 Å². The van der Waals surface area contributed by atoms with E-state index in [1.807, 2.05) is 11.9 Å². The van der Waals surface area contributed by atoms with Gasteiger partial charge in [0.2, 0.25) is 5.91 Å². The van der Waals surface area contributed by atoms with Crippen LogP contribution in [0.25, 0.3) is 0 Å². The Morgan fingerprint density at radius 3 is 3.00 bits per heavy atom. The molecule has 2 atom stereocenters. The van der Waals surface area contributed by atoms with Crippen LogP contribution in [-0.4, -0.2) is 55.1 Å². The van der Waals surface area contributed by atoms with Crippen LogP contribution < -0.4 is 5.32 Å². The monoisotopic (exact) mass is 301 g/mol. The molecule has 2 saturated heterocycles. The van der Waals surface area contributed by atoms with Crippen molar-refractivity contribution >= 4 is 5.91 Å². The molecule has 2 fully saturated rings. The summed E-state index contributed by atoms with van der Waals surface area (Å²) < 4.78 is 5.66. The third kappa shape index (κ3) is 2.53. The fraction of sp³-hybridized carbons (Fsp3) is 0.588. The third-order valence-corrected chi connectivity index (χ3v) is 5.13. The summed E-state index contributed by atoms with van der Waals surface area (Å²) in [7, 11) is 1.92. The lowest BCUT2D eigenvalue weighted by Crippen LogP contribution is -2.42. The molecule has 0 aromatic heterocycles. The summed E-state index contributed by atoms with van der Waals surface area (Å²) >= 11 is 0. The van der Waals surface area contributed by atoms with Crippen LogP contribution in [0.1, 0.15) is 16.7 Å². The van der Waals surface area contributed by atoms with Gasteiger partial charge in [0.1, 0.15) is 0 Å². The highest BCUT2D eigenvalue weighted by atomic mass is 16.5. The van der Waals surface area contributed by atoms with E-state index >= 15 is 0 Å². The van der Waals surface area contributed by atoms with Gasteiger partial charge in [-0.05, 0) is 16.7 Å². The lowest BCUT2D eigenvalue weighted by Gasteiger charge is -2.29. The van der Waals surface area contributed by atoms with Gasteiger partial charge < -0.3 is 15.0 Å². The number of likely N-dealkylation sites (N-methyl/N-ethyl adjacent to an activating group) is 1. The van der Waals surface area contributed by atoms with E-state index in [4.69, 9.17) is 4.74 Å². The standard InChI is InChI=1S/C17H23N3O2/c1-19-16-9-20(8-15(17(19)21)10-22-11-16)7-12-2-3-13-5-18-6-14(13)4-12/h2-4,15-16,18H,5-11H2,1H3/t15-,16+/m1/s1. The Hall–Kier alpha value is -1.43. The van der Waals surface area contributed by atoms with E-state index in [2.05, 4.69) is 28.4 Å². The fourth-order valence-electron chi connectivity index (χ4n) is 3.82.